The number of hydrogen-bond donors (Lipinski definition) is 0. The second-order valence-corrected chi connectivity index (χ2v) is 6.15. The van der Waals surface area contributed by atoms with Gasteiger partial charge in [0.1, 0.15) is 18.8 Å². The Morgan fingerprint density at radius 3 is 2.04 bits per heavy atom. The van der Waals surface area contributed by atoms with Crippen molar-refractivity contribution in [1.82, 2.24) is 0 Å². The van der Waals surface area contributed by atoms with Crippen LogP contribution in [0.5, 0.6) is 0 Å². The van der Waals surface area contributed by atoms with E-state index in [9.17, 15) is 18.4 Å². The molecule has 0 amide bonds. The van der Waals surface area contributed by atoms with Gasteiger partial charge < -0.3 is 14.2 Å². The Morgan fingerprint density at radius 2 is 1.48 bits per heavy atom. The molecule has 2 aromatic carbocycles. The molecule has 0 unspecified atom stereocenters. The summed E-state index contributed by atoms with van der Waals surface area (Å²) in [6.45, 7) is 0.725. The lowest BCUT2D eigenvalue weighted by molar-refractivity contribution is -0.111. The van der Waals surface area contributed by atoms with Crippen molar-refractivity contribution < 1.29 is 32.6 Å². The highest BCUT2D eigenvalue weighted by atomic mass is 19.3. The predicted molar refractivity (Wildman–Crippen MR) is 91.7 cm³/mol. The first-order valence-corrected chi connectivity index (χ1v) is 8.41. The van der Waals surface area contributed by atoms with Gasteiger partial charge in [0.05, 0.1) is 11.1 Å². The van der Waals surface area contributed by atoms with Crippen molar-refractivity contribution in [2.24, 2.45) is 0 Å². The van der Waals surface area contributed by atoms with Crippen molar-refractivity contribution in [3.05, 3.63) is 71.8 Å². The fourth-order valence-electron chi connectivity index (χ4n) is 2.76. The Hall–Kier alpha value is -2.80. The number of halogens is 2. The minimum atomic E-state index is -3.41. The molecule has 1 heterocycles. The van der Waals surface area contributed by atoms with Crippen LogP contribution in [0, 0.1) is 0 Å². The molecule has 1 fully saturated rings. The predicted octanol–water partition coefficient (Wildman–Crippen LogP) is 3.49. The first-order chi connectivity index (χ1) is 12.9. The molecule has 1 aliphatic rings. The zero-order valence-corrected chi connectivity index (χ0v) is 14.5. The molecule has 3 rings (SSSR count). The number of carbonyl (C=O) groups is 2. The topological polar surface area (TPSA) is 61.8 Å². The summed E-state index contributed by atoms with van der Waals surface area (Å²) in [6.07, 6.45) is -4.61. The van der Waals surface area contributed by atoms with Crippen LogP contribution >= 0.6 is 0 Å². The molecule has 7 heteroatoms. The number of ether oxygens (including phenoxy) is 3. The molecule has 0 bridgehead atoms. The van der Waals surface area contributed by atoms with Gasteiger partial charge in [-0.25, -0.2) is 9.59 Å². The fourth-order valence-corrected chi connectivity index (χ4v) is 2.76. The normalized spacial score (nSPS) is 23.6. The highest BCUT2D eigenvalue weighted by Gasteiger charge is 2.59. The fraction of sp³-hybridized carbons (Fsp3) is 0.300. The Balaban J connectivity index is 1.69. The van der Waals surface area contributed by atoms with Gasteiger partial charge in [0.25, 0.3) is 0 Å². The third kappa shape index (κ3) is 4.14. The van der Waals surface area contributed by atoms with Crippen molar-refractivity contribution in [3.8, 4) is 0 Å². The van der Waals surface area contributed by atoms with E-state index in [4.69, 9.17) is 14.2 Å². The van der Waals surface area contributed by atoms with E-state index in [-0.39, 0.29) is 11.1 Å². The van der Waals surface area contributed by atoms with Gasteiger partial charge in [-0.1, -0.05) is 36.4 Å². The Morgan fingerprint density at radius 1 is 0.963 bits per heavy atom. The van der Waals surface area contributed by atoms with E-state index in [0.29, 0.717) is 0 Å². The average Bonchev–Trinajstić information content (AvgIpc) is 2.90. The summed E-state index contributed by atoms with van der Waals surface area (Å²) in [5.74, 6) is -4.97. The van der Waals surface area contributed by atoms with Crippen molar-refractivity contribution >= 4 is 11.9 Å². The van der Waals surface area contributed by atoms with Crippen LogP contribution in [0.4, 0.5) is 8.78 Å². The molecule has 3 atom stereocenters. The molecule has 5 nitrogen and oxygen atoms in total. The number of benzene rings is 2. The summed E-state index contributed by atoms with van der Waals surface area (Å²) >= 11 is 0. The molecule has 142 valence electrons. The smallest absolute Gasteiger partial charge is 0.338 e. The number of esters is 2. The van der Waals surface area contributed by atoms with Crippen LogP contribution in [0.2, 0.25) is 0 Å². The van der Waals surface area contributed by atoms with Crippen LogP contribution in [-0.2, 0) is 14.2 Å². The van der Waals surface area contributed by atoms with E-state index in [0.717, 1.165) is 0 Å². The lowest BCUT2D eigenvalue weighted by Crippen LogP contribution is -2.43. The molecular formula is C20H18F2O5. The van der Waals surface area contributed by atoms with Gasteiger partial charge in [-0.05, 0) is 31.2 Å². The molecule has 0 spiro atoms. The molecule has 1 aliphatic heterocycles. The second-order valence-electron chi connectivity index (χ2n) is 6.15. The molecule has 2 aromatic rings. The van der Waals surface area contributed by atoms with Crippen molar-refractivity contribution in [2.75, 3.05) is 6.61 Å². The summed E-state index contributed by atoms with van der Waals surface area (Å²) in [5, 5.41) is 0. The quantitative estimate of drug-likeness (QED) is 0.748. The Kier molecular flexibility index (Phi) is 5.51. The van der Waals surface area contributed by atoms with Crippen LogP contribution in [0.1, 0.15) is 27.6 Å². The maximum atomic E-state index is 14.4. The molecule has 0 saturated carbocycles. The van der Waals surface area contributed by atoms with Crippen LogP contribution in [0.25, 0.3) is 0 Å². The standard InChI is InChI=1S/C20H18F2O5/c1-13-20(21,22)17(27-19(24)15-10-6-3-7-11-15)16(26-13)12-25-18(23)14-8-4-2-5-9-14/h2-11,13,16-17H,12H2,1H3/t13-,16+,17-/m0/s1. The van der Waals surface area contributed by atoms with Crippen LogP contribution < -0.4 is 0 Å². The second kappa shape index (κ2) is 7.84. The SMILES string of the molecule is C[C@@H]1O[C@H](COC(=O)c2ccccc2)[C@H](OC(=O)c2ccccc2)C1(F)F. The van der Waals surface area contributed by atoms with Crippen LogP contribution in [-0.4, -0.2) is 42.8 Å². The largest absolute Gasteiger partial charge is 0.459 e. The van der Waals surface area contributed by atoms with Gasteiger partial charge >= 0.3 is 17.9 Å². The summed E-state index contributed by atoms with van der Waals surface area (Å²) in [7, 11) is 0. The Labute approximate surface area is 154 Å². The van der Waals surface area contributed by atoms with E-state index >= 15 is 0 Å². The van der Waals surface area contributed by atoms with Crippen molar-refractivity contribution in [1.29, 1.82) is 0 Å². The van der Waals surface area contributed by atoms with Gasteiger partial charge in [0.2, 0.25) is 0 Å². The monoisotopic (exact) mass is 376 g/mol. The average molecular weight is 376 g/mol. The zero-order valence-electron chi connectivity index (χ0n) is 14.5. The maximum Gasteiger partial charge on any atom is 0.338 e. The molecule has 0 aliphatic carbocycles. The zero-order chi connectivity index (χ0) is 19.4. The van der Waals surface area contributed by atoms with E-state index in [2.05, 4.69) is 0 Å². The lowest BCUT2D eigenvalue weighted by atomic mass is 10.1. The number of alkyl halides is 2. The highest BCUT2D eigenvalue weighted by Crippen LogP contribution is 2.38. The first-order valence-electron chi connectivity index (χ1n) is 8.41. The highest BCUT2D eigenvalue weighted by molar-refractivity contribution is 5.90. The maximum absolute atomic E-state index is 14.4. The van der Waals surface area contributed by atoms with Gasteiger partial charge in [0.15, 0.2) is 6.10 Å². The number of rotatable bonds is 5. The molecule has 0 aromatic heterocycles. The molecular weight excluding hydrogens is 358 g/mol. The molecule has 27 heavy (non-hydrogen) atoms. The molecule has 1 saturated heterocycles. The van der Waals surface area contributed by atoms with Gasteiger partial charge in [-0.2, -0.15) is 8.78 Å². The minimum Gasteiger partial charge on any atom is -0.459 e. The first kappa shape index (κ1) is 19.0. The van der Waals surface area contributed by atoms with Crippen molar-refractivity contribution in [2.45, 2.75) is 31.2 Å². The summed E-state index contributed by atoms with van der Waals surface area (Å²) in [6, 6.07) is 15.9. The number of hydrogen-bond acceptors (Lipinski definition) is 5. The van der Waals surface area contributed by atoms with Gasteiger partial charge in [-0.3, -0.25) is 0 Å². The summed E-state index contributed by atoms with van der Waals surface area (Å²) < 4.78 is 44.2. The van der Waals surface area contributed by atoms with Crippen molar-refractivity contribution in [3.63, 3.8) is 0 Å². The van der Waals surface area contributed by atoms with Crippen LogP contribution in [0.3, 0.4) is 0 Å². The van der Waals surface area contributed by atoms with E-state index in [1.807, 2.05) is 0 Å². The van der Waals surface area contributed by atoms with Gasteiger partial charge in [0, 0.05) is 0 Å². The minimum absolute atomic E-state index is 0.146. The van der Waals surface area contributed by atoms with E-state index in [1.165, 1.54) is 19.1 Å². The summed E-state index contributed by atoms with van der Waals surface area (Å²) in [4.78, 5) is 24.2. The lowest BCUT2D eigenvalue weighted by Gasteiger charge is -2.23. The third-order valence-corrected chi connectivity index (χ3v) is 4.27. The van der Waals surface area contributed by atoms with E-state index < -0.39 is 42.8 Å². The molecule has 0 radical (unpaired) electrons. The molecule has 0 N–H and O–H groups in total. The number of carbonyl (C=O) groups excluding carboxylic acids is 2. The Bertz CT molecular complexity index is 795. The summed E-state index contributed by atoms with van der Waals surface area (Å²) in [5.41, 5.74) is 0.431. The van der Waals surface area contributed by atoms with Crippen LogP contribution in [0.15, 0.2) is 60.7 Å². The van der Waals surface area contributed by atoms with E-state index in [1.54, 1.807) is 48.5 Å². The van der Waals surface area contributed by atoms with Gasteiger partial charge in [-0.15, -0.1) is 0 Å². The third-order valence-electron chi connectivity index (χ3n) is 4.27.